The Bertz CT molecular complexity index is 645. The predicted octanol–water partition coefficient (Wildman–Crippen LogP) is 4.25. The first-order chi connectivity index (χ1) is 13.2. The Morgan fingerprint density at radius 3 is 2.39 bits per heavy atom. The van der Waals surface area contributed by atoms with E-state index in [0.717, 1.165) is 38.5 Å². The first kappa shape index (κ1) is 20.4. The second kappa shape index (κ2) is 7.12. The molecule has 0 bridgehead atoms. The number of allylic oxidation sites excluding steroid dienone is 1. The van der Waals surface area contributed by atoms with Gasteiger partial charge in [0.25, 0.3) is 0 Å². The van der Waals surface area contributed by atoms with Crippen LogP contribution in [-0.2, 0) is 4.79 Å². The van der Waals surface area contributed by atoms with Crippen LogP contribution in [0.15, 0.2) is 12.2 Å². The van der Waals surface area contributed by atoms with Crippen molar-refractivity contribution in [2.75, 3.05) is 0 Å². The number of carbonyl (C=O) groups is 1. The molecule has 4 nitrogen and oxygen atoms in total. The molecule has 0 radical (unpaired) electrons. The molecule has 28 heavy (non-hydrogen) atoms. The summed E-state index contributed by atoms with van der Waals surface area (Å²) < 4.78 is 0. The normalized spacial score (nSPS) is 52.0. The van der Waals surface area contributed by atoms with E-state index in [1.54, 1.807) is 0 Å². The number of carboxylic acids is 1. The van der Waals surface area contributed by atoms with E-state index in [2.05, 4.69) is 20.8 Å². The van der Waals surface area contributed by atoms with Crippen LogP contribution in [0, 0.1) is 46.3 Å². The molecule has 0 saturated heterocycles. The molecular formula is C24H38O4. The molecular weight excluding hydrogens is 352 g/mol. The van der Waals surface area contributed by atoms with Crippen LogP contribution in [0.1, 0.15) is 72.1 Å². The lowest BCUT2D eigenvalue weighted by atomic mass is 9.43. The van der Waals surface area contributed by atoms with Crippen LogP contribution in [0.4, 0.5) is 0 Å². The fraction of sp³-hybridized carbons (Fsp3) is 0.875. The van der Waals surface area contributed by atoms with Gasteiger partial charge in [-0.15, -0.1) is 0 Å². The minimum absolute atomic E-state index is 0.187. The van der Waals surface area contributed by atoms with Gasteiger partial charge in [-0.1, -0.05) is 26.8 Å². The van der Waals surface area contributed by atoms with E-state index in [0.29, 0.717) is 29.6 Å². The second-order valence-corrected chi connectivity index (χ2v) is 11.0. The average Bonchev–Trinajstić information content (AvgIpc) is 2.98. The van der Waals surface area contributed by atoms with Gasteiger partial charge in [0.15, 0.2) is 0 Å². The number of fused-ring (bicyclic) bond motifs is 5. The molecule has 0 heterocycles. The van der Waals surface area contributed by atoms with Crippen molar-refractivity contribution >= 4 is 5.97 Å². The van der Waals surface area contributed by atoms with Gasteiger partial charge in [-0.25, -0.2) is 4.79 Å². The highest BCUT2D eigenvalue weighted by Crippen LogP contribution is 2.68. The molecule has 0 aromatic heterocycles. The first-order valence-electron chi connectivity index (χ1n) is 11.4. The Labute approximate surface area is 169 Å². The fourth-order valence-electron chi connectivity index (χ4n) is 8.47. The van der Waals surface area contributed by atoms with Crippen molar-refractivity contribution in [1.29, 1.82) is 0 Å². The zero-order valence-corrected chi connectivity index (χ0v) is 17.7. The molecule has 0 aromatic carbocycles. The number of aliphatic hydroxyl groups excluding tert-OH is 2. The number of rotatable bonds is 3. The summed E-state index contributed by atoms with van der Waals surface area (Å²) in [6.07, 6.45) is 11.1. The summed E-state index contributed by atoms with van der Waals surface area (Å²) in [7, 11) is 0. The van der Waals surface area contributed by atoms with Crippen molar-refractivity contribution in [2.45, 2.75) is 84.3 Å². The van der Waals surface area contributed by atoms with Crippen LogP contribution in [0.3, 0.4) is 0 Å². The zero-order valence-electron chi connectivity index (χ0n) is 17.7. The second-order valence-electron chi connectivity index (χ2n) is 11.0. The van der Waals surface area contributed by atoms with Crippen molar-refractivity contribution in [2.24, 2.45) is 46.3 Å². The smallest absolute Gasteiger partial charge is 0.327 e. The Balaban J connectivity index is 1.59. The van der Waals surface area contributed by atoms with E-state index >= 15 is 0 Å². The summed E-state index contributed by atoms with van der Waals surface area (Å²) in [5.41, 5.74) is 0.457. The molecule has 0 amide bonds. The summed E-state index contributed by atoms with van der Waals surface area (Å²) in [5, 5.41) is 30.4. The van der Waals surface area contributed by atoms with Crippen LogP contribution in [0.25, 0.3) is 0 Å². The molecule has 4 aliphatic carbocycles. The van der Waals surface area contributed by atoms with E-state index in [1.807, 2.05) is 6.08 Å². The monoisotopic (exact) mass is 390 g/mol. The SMILES string of the molecule is C[C@H](C=CC(=O)O)[C@H]1CC[C@H]2[C@@H]3[C@@H](O)CC4C[C@H](O)CC[C@]4(C)[C@H]3CC[C@]12C. The predicted molar refractivity (Wildman–Crippen MR) is 109 cm³/mol. The van der Waals surface area contributed by atoms with E-state index in [4.69, 9.17) is 5.11 Å². The van der Waals surface area contributed by atoms with Gasteiger partial charge in [0.05, 0.1) is 12.2 Å². The van der Waals surface area contributed by atoms with E-state index < -0.39 is 5.97 Å². The summed E-state index contributed by atoms with van der Waals surface area (Å²) >= 11 is 0. The largest absolute Gasteiger partial charge is 0.478 e. The van der Waals surface area contributed by atoms with Crippen molar-refractivity contribution in [3.63, 3.8) is 0 Å². The maximum atomic E-state index is 11.2. The minimum Gasteiger partial charge on any atom is -0.478 e. The maximum Gasteiger partial charge on any atom is 0.327 e. The van der Waals surface area contributed by atoms with Crippen LogP contribution in [-0.4, -0.2) is 33.5 Å². The average molecular weight is 391 g/mol. The van der Waals surface area contributed by atoms with Gasteiger partial charge in [0.2, 0.25) is 0 Å². The summed E-state index contributed by atoms with van der Waals surface area (Å²) in [5.74, 6) is 1.82. The quantitative estimate of drug-likeness (QED) is 0.630. The highest BCUT2D eigenvalue weighted by molar-refractivity contribution is 5.79. The van der Waals surface area contributed by atoms with Gasteiger partial charge < -0.3 is 15.3 Å². The molecule has 3 N–H and O–H groups in total. The molecule has 4 heteroatoms. The highest BCUT2D eigenvalue weighted by atomic mass is 16.4. The first-order valence-corrected chi connectivity index (χ1v) is 11.4. The minimum atomic E-state index is -0.864. The molecule has 158 valence electrons. The van der Waals surface area contributed by atoms with E-state index in [9.17, 15) is 15.0 Å². The van der Waals surface area contributed by atoms with Crippen molar-refractivity contribution < 1.29 is 20.1 Å². The molecule has 4 rings (SSSR count). The third kappa shape index (κ3) is 3.06. The third-order valence-corrected chi connectivity index (χ3v) is 9.91. The summed E-state index contributed by atoms with van der Waals surface area (Å²) in [6, 6.07) is 0. The van der Waals surface area contributed by atoms with Crippen molar-refractivity contribution in [3.05, 3.63) is 12.2 Å². The number of hydrogen-bond acceptors (Lipinski definition) is 3. The van der Waals surface area contributed by atoms with Crippen LogP contribution in [0.5, 0.6) is 0 Å². The van der Waals surface area contributed by atoms with Gasteiger partial charge in [-0.2, -0.15) is 0 Å². The summed E-state index contributed by atoms with van der Waals surface area (Å²) in [4.78, 5) is 11.0. The third-order valence-electron chi connectivity index (χ3n) is 9.91. The number of aliphatic hydroxyl groups is 2. The maximum absolute atomic E-state index is 11.2. The van der Waals surface area contributed by atoms with E-state index in [1.165, 1.54) is 18.9 Å². The fourth-order valence-corrected chi connectivity index (χ4v) is 8.47. The van der Waals surface area contributed by atoms with Crippen molar-refractivity contribution in [1.82, 2.24) is 0 Å². The summed E-state index contributed by atoms with van der Waals surface area (Å²) in [6.45, 7) is 7.03. The molecule has 0 aliphatic heterocycles. The van der Waals surface area contributed by atoms with Crippen molar-refractivity contribution in [3.8, 4) is 0 Å². The number of carboxylic acid groups (broad SMARTS) is 1. The standard InChI is InChI=1S/C24H38O4/c1-14(4-7-21(27)28)17-5-6-18-22-19(9-11-24(17,18)3)23(2)10-8-16(25)12-15(23)13-20(22)26/h4,7,14-20,22,25-26H,5-6,8-13H2,1-3H3,(H,27,28)/t14-,15?,16-,17-,18+,19+,20+,22+,23+,24-/m1/s1. The Kier molecular flexibility index (Phi) is 5.19. The Morgan fingerprint density at radius 2 is 1.68 bits per heavy atom. The molecule has 4 fully saturated rings. The topological polar surface area (TPSA) is 77.8 Å². The highest BCUT2D eigenvalue weighted by Gasteiger charge is 2.62. The van der Waals surface area contributed by atoms with Gasteiger partial charge in [-0.3, -0.25) is 0 Å². The molecule has 4 saturated carbocycles. The lowest BCUT2D eigenvalue weighted by molar-refractivity contribution is -0.173. The van der Waals surface area contributed by atoms with Crippen LogP contribution < -0.4 is 0 Å². The molecule has 0 spiro atoms. The van der Waals surface area contributed by atoms with Gasteiger partial charge in [0, 0.05) is 6.08 Å². The van der Waals surface area contributed by atoms with Gasteiger partial charge in [-0.05, 0) is 97.7 Å². The molecule has 10 atom stereocenters. The van der Waals surface area contributed by atoms with Crippen LogP contribution >= 0.6 is 0 Å². The Morgan fingerprint density at radius 1 is 1.00 bits per heavy atom. The zero-order chi connectivity index (χ0) is 20.3. The number of aliphatic carboxylic acids is 1. The molecule has 0 aromatic rings. The van der Waals surface area contributed by atoms with Crippen LogP contribution in [0.2, 0.25) is 0 Å². The lowest BCUT2D eigenvalue weighted by Crippen LogP contribution is -2.58. The molecule has 1 unspecified atom stereocenters. The van der Waals surface area contributed by atoms with Gasteiger partial charge in [0.1, 0.15) is 0 Å². The molecule has 4 aliphatic rings. The Hall–Kier alpha value is -0.870. The van der Waals surface area contributed by atoms with Gasteiger partial charge >= 0.3 is 5.97 Å². The lowest BCUT2D eigenvalue weighted by Gasteiger charge is -2.62. The number of hydrogen-bond donors (Lipinski definition) is 3. The van der Waals surface area contributed by atoms with E-state index in [-0.39, 0.29) is 29.0 Å².